The van der Waals surface area contributed by atoms with E-state index < -0.39 is 0 Å². The predicted octanol–water partition coefficient (Wildman–Crippen LogP) is 3.57. The van der Waals surface area contributed by atoms with E-state index in [0.717, 1.165) is 10.9 Å². The molecule has 0 unspecified atom stereocenters. The molecule has 0 aliphatic heterocycles. The van der Waals surface area contributed by atoms with E-state index in [1.807, 2.05) is 13.0 Å². The van der Waals surface area contributed by atoms with Crippen LogP contribution in [0, 0.1) is 6.92 Å². The molecule has 3 nitrogen and oxygen atoms in total. The Morgan fingerprint density at radius 1 is 1.50 bits per heavy atom. The number of fused-ring (bicyclic) bond motifs is 1. The highest BCUT2D eigenvalue weighted by molar-refractivity contribution is 6.35. The van der Waals surface area contributed by atoms with Gasteiger partial charge in [0.1, 0.15) is 11.8 Å². The average Bonchev–Trinajstić information content (AvgIpc) is 2.69. The lowest BCUT2D eigenvalue weighted by molar-refractivity contribution is 0.0527. The molecule has 1 aromatic carbocycles. The molecule has 84 valence electrons. The topological polar surface area (TPSA) is 39.4 Å². The van der Waals surface area contributed by atoms with Gasteiger partial charge in [0.2, 0.25) is 0 Å². The van der Waals surface area contributed by atoms with Gasteiger partial charge in [-0.05, 0) is 25.5 Å². The Bertz CT molecular complexity index is 542. The second-order valence-electron chi connectivity index (χ2n) is 3.44. The SMILES string of the molecule is CCOC(=O)c1coc2c(Cl)ccc(C)c12. The van der Waals surface area contributed by atoms with Crippen LogP contribution in [-0.4, -0.2) is 12.6 Å². The highest BCUT2D eigenvalue weighted by Crippen LogP contribution is 2.31. The number of hydrogen-bond donors (Lipinski definition) is 0. The number of furan rings is 1. The molecular formula is C12H11ClO3. The molecule has 0 radical (unpaired) electrons. The number of esters is 1. The van der Waals surface area contributed by atoms with E-state index in [1.165, 1.54) is 6.26 Å². The second-order valence-corrected chi connectivity index (χ2v) is 3.85. The maximum absolute atomic E-state index is 11.7. The highest BCUT2D eigenvalue weighted by atomic mass is 35.5. The van der Waals surface area contributed by atoms with Crippen molar-refractivity contribution in [2.45, 2.75) is 13.8 Å². The molecule has 1 aromatic heterocycles. The molecule has 0 N–H and O–H groups in total. The number of hydrogen-bond acceptors (Lipinski definition) is 3. The van der Waals surface area contributed by atoms with E-state index in [0.29, 0.717) is 22.8 Å². The fourth-order valence-electron chi connectivity index (χ4n) is 1.64. The Morgan fingerprint density at radius 2 is 2.25 bits per heavy atom. The lowest BCUT2D eigenvalue weighted by atomic mass is 10.1. The van der Waals surface area contributed by atoms with E-state index in [4.69, 9.17) is 20.8 Å². The van der Waals surface area contributed by atoms with Gasteiger partial charge in [-0.2, -0.15) is 0 Å². The van der Waals surface area contributed by atoms with Crippen molar-refractivity contribution < 1.29 is 13.9 Å². The number of carbonyl (C=O) groups excluding carboxylic acids is 1. The zero-order chi connectivity index (χ0) is 11.7. The van der Waals surface area contributed by atoms with Crippen LogP contribution in [-0.2, 0) is 4.74 Å². The molecule has 0 aliphatic rings. The third kappa shape index (κ3) is 1.67. The number of carbonyl (C=O) groups is 1. The normalized spacial score (nSPS) is 10.7. The molecule has 2 rings (SSSR count). The van der Waals surface area contributed by atoms with Crippen molar-refractivity contribution >= 4 is 28.5 Å². The van der Waals surface area contributed by atoms with Crippen LogP contribution in [0.4, 0.5) is 0 Å². The average molecular weight is 239 g/mol. The van der Waals surface area contributed by atoms with Gasteiger partial charge < -0.3 is 9.15 Å². The summed E-state index contributed by atoms with van der Waals surface area (Å²) in [6, 6.07) is 3.60. The molecule has 16 heavy (non-hydrogen) atoms. The largest absolute Gasteiger partial charge is 0.462 e. The van der Waals surface area contributed by atoms with Gasteiger partial charge in [-0.3, -0.25) is 0 Å². The zero-order valence-corrected chi connectivity index (χ0v) is 9.80. The summed E-state index contributed by atoms with van der Waals surface area (Å²) in [7, 11) is 0. The van der Waals surface area contributed by atoms with Gasteiger partial charge in [-0.25, -0.2) is 4.79 Å². The molecule has 0 saturated heterocycles. The summed E-state index contributed by atoms with van der Waals surface area (Å²) in [5, 5.41) is 1.22. The number of rotatable bonds is 2. The molecular weight excluding hydrogens is 228 g/mol. The molecule has 0 saturated carbocycles. The molecule has 0 amide bonds. The third-order valence-electron chi connectivity index (χ3n) is 2.38. The third-order valence-corrected chi connectivity index (χ3v) is 2.67. The van der Waals surface area contributed by atoms with Crippen LogP contribution in [0.2, 0.25) is 5.02 Å². The number of aryl methyl sites for hydroxylation is 1. The Labute approximate surface area is 97.9 Å². The van der Waals surface area contributed by atoms with Crippen LogP contribution >= 0.6 is 11.6 Å². The van der Waals surface area contributed by atoms with E-state index >= 15 is 0 Å². The van der Waals surface area contributed by atoms with Crippen LogP contribution in [0.1, 0.15) is 22.8 Å². The number of halogens is 1. The van der Waals surface area contributed by atoms with Gasteiger partial charge in [0.05, 0.1) is 11.6 Å². The first-order valence-corrected chi connectivity index (χ1v) is 5.36. The van der Waals surface area contributed by atoms with E-state index in [2.05, 4.69) is 0 Å². The van der Waals surface area contributed by atoms with Crippen LogP contribution in [0.25, 0.3) is 11.0 Å². The van der Waals surface area contributed by atoms with Crippen LogP contribution in [0.3, 0.4) is 0 Å². The summed E-state index contributed by atoms with van der Waals surface area (Å²) in [4.78, 5) is 11.7. The molecule has 0 fully saturated rings. The minimum Gasteiger partial charge on any atom is -0.462 e. The van der Waals surface area contributed by atoms with Crippen LogP contribution in [0.5, 0.6) is 0 Å². The van der Waals surface area contributed by atoms with E-state index in [-0.39, 0.29) is 5.97 Å². The maximum atomic E-state index is 11.7. The minimum atomic E-state index is -0.383. The fourth-order valence-corrected chi connectivity index (χ4v) is 1.84. The van der Waals surface area contributed by atoms with Crippen molar-refractivity contribution in [1.29, 1.82) is 0 Å². The molecule has 0 spiro atoms. The van der Waals surface area contributed by atoms with Gasteiger partial charge in [0.15, 0.2) is 5.58 Å². The van der Waals surface area contributed by atoms with Gasteiger partial charge in [0.25, 0.3) is 0 Å². The molecule has 0 aliphatic carbocycles. The maximum Gasteiger partial charge on any atom is 0.342 e. The smallest absolute Gasteiger partial charge is 0.342 e. The van der Waals surface area contributed by atoms with E-state index in [1.54, 1.807) is 13.0 Å². The van der Waals surface area contributed by atoms with Crippen molar-refractivity contribution in [3.8, 4) is 0 Å². The lowest BCUT2D eigenvalue weighted by Gasteiger charge is -2.01. The summed E-state index contributed by atoms with van der Waals surface area (Å²) in [5.41, 5.74) is 1.90. The van der Waals surface area contributed by atoms with Gasteiger partial charge in [-0.1, -0.05) is 17.7 Å². The van der Waals surface area contributed by atoms with Gasteiger partial charge in [0, 0.05) is 5.39 Å². The number of ether oxygens (including phenoxy) is 1. The summed E-state index contributed by atoms with van der Waals surface area (Å²) in [6.45, 7) is 4.00. The summed E-state index contributed by atoms with van der Waals surface area (Å²) < 4.78 is 10.2. The van der Waals surface area contributed by atoms with E-state index in [9.17, 15) is 4.79 Å². The first-order valence-electron chi connectivity index (χ1n) is 4.98. The van der Waals surface area contributed by atoms with Crippen molar-refractivity contribution in [2.24, 2.45) is 0 Å². The van der Waals surface area contributed by atoms with Crippen molar-refractivity contribution in [3.63, 3.8) is 0 Å². The standard InChI is InChI=1S/C12H11ClO3/c1-3-15-12(14)8-6-16-11-9(13)5-4-7(2)10(8)11/h4-6H,3H2,1-2H3. The van der Waals surface area contributed by atoms with Gasteiger partial charge in [-0.15, -0.1) is 0 Å². The lowest BCUT2D eigenvalue weighted by Crippen LogP contribution is -2.03. The fraction of sp³-hybridized carbons (Fsp3) is 0.250. The Kier molecular flexibility index (Phi) is 2.88. The summed E-state index contributed by atoms with van der Waals surface area (Å²) in [6.07, 6.45) is 1.39. The van der Waals surface area contributed by atoms with Crippen molar-refractivity contribution in [2.75, 3.05) is 6.61 Å². The molecule has 4 heteroatoms. The van der Waals surface area contributed by atoms with Crippen LogP contribution in [0.15, 0.2) is 22.8 Å². The molecule has 1 heterocycles. The van der Waals surface area contributed by atoms with Gasteiger partial charge >= 0.3 is 5.97 Å². The Hall–Kier alpha value is -1.48. The van der Waals surface area contributed by atoms with Crippen LogP contribution < -0.4 is 0 Å². The minimum absolute atomic E-state index is 0.338. The predicted molar refractivity (Wildman–Crippen MR) is 61.9 cm³/mol. The number of benzene rings is 1. The molecule has 0 bridgehead atoms. The Balaban J connectivity index is 2.64. The monoisotopic (exact) mass is 238 g/mol. The molecule has 2 aromatic rings. The summed E-state index contributed by atoms with van der Waals surface area (Å²) in [5.74, 6) is -0.383. The first-order chi connectivity index (χ1) is 7.65. The first kappa shape index (κ1) is 11.0. The molecule has 0 atom stereocenters. The van der Waals surface area contributed by atoms with Crippen molar-refractivity contribution in [3.05, 3.63) is 34.5 Å². The summed E-state index contributed by atoms with van der Waals surface area (Å²) >= 11 is 5.98. The Morgan fingerprint density at radius 3 is 2.94 bits per heavy atom. The second kappa shape index (κ2) is 4.18. The zero-order valence-electron chi connectivity index (χ0n) is 9.04. The highest BCUT2D eigenvalue weighted by Gasteiger charge is 2.18. The quantitative estimate of drug-likeness (QED) is 0.751. The van der Waals surface area contributed by atoms with Crippen molar-refractivity contribution in [1.82, 2.24) is 0 Å².